The Morgan fingerprint density at radius 1 is 1.04 bits per heavy atom. The van der Waals surface area contributed by atoms with Crippen molar-refractivity contribution >= 4 is 0 Å². The van der Waals surface area contributed by atoms with E-state index in [4.69, 9.17) is 9.47 Å². The fraction of sp³-hybridized carbons (Fsp3) is 0.292. The van der Waals surface area contributed by atoms with Crippen LogP contribution in [0.1, 0.15) is 11.1 Å². The van der Waals surface area contributed by atoms with E-state index in [1.54, 1.807) is 6.20 Å². The van der Waals surface area contributed by atoms with Crippen molar-refractivity contribution in [1.82, 2.24) is 9.88 Å². The van der Waals surface area contributed by atoms with Crippen LogP contribution in [0.4, 0.5) is 0 Å². The first-order chi connectivity index (χ1) is 13.8. The van der Waals surface area contributed by atoms with Crippen LogP contribution >= 0.6 is 0 Å². The molecule has 0 saturated carbocycles. The summed E-state index contributed by atoms with van der Waals surface area (Å²) < 4.78 is 11.9. The van der Waals surface area contributed by atoms with Gasteiger partial charge in [0.05, 0.1) is 12.8 Å². The van der Waals surface area contributed by atoms with Crippen LogP contribution in [-0.4, -0.2) is 42.3 Å². The zero-order chi connectivity index (χ0) is 19.2. The molecule has 3 aromatic rings. The molecule has 1 aromatic heterocycles. The normalized spacial score (nSPS) is 17.4. The molecule has 4 heteroatoms. The summed E-state index contributed by atoms with van der Waals surface area (Å²) in [7, 11) is 0. The Morgan fingerprint density at radius 2 is 1.86 bits per heavy atom. The molecule has 28 heavy (non-hydrogen) atoms. The van der Waals surface area contributed by atoms with Gasteiger partial charge >= 0.3 is 0 Å². The van der Waals surface area contributed by atoms with Crippen LogP contribution in [0.2, 0.25) is 0 Å². The summed E-state index contributed by atoms with van der Waals surface area (Å²) in [5.74, 6) is 0.779. The van der Waals surface area contributed by atoms with Gasteiger partial charge in [-0.05, 0) is 24.1 Å². The maximum atomic E-state index is 6.02. The molecule has 1 fully saturated rings. The predicted molar refractivity (Wildman–Crippen MR) is 111 cm³/mol. The van der Waals surface area contributed by atoms with E-state index in [0.717, 1.165) is 43.1 Å². The topological polar surface area (TPSA) is 34.6 Å². The van der Waals surface area contributed by atoms with E-state index >= 15 is 0 Å². The van der Waals surface area contributed by atoms with Gasteiger partial charge in [0.1, 0.15) is 18.5 Å². The lowest BCUT2D eigenvalue weighted by Crippen LogP contribution is -2.44. The van der Waals surface area contributed by atoms with Gasteiger partial charge in [-0.1, -0.05) is 60.2 Å². The van der Waals surface area contributed by atoms with Gasteiger partial charge in [-0.15, -0.1) is 0 Å². The van der Waals surface area contributed by atoms with Gasteiger partial charge in [0.15, 0.2) is 0 Å². The third-order valence-electron chi connectivity index (χ3n) is 5.01. The molecule has 4 nitrogen and oxygen atoms in total. The summed E-state index contributed by atoms with van der Waals surface area (Å²) in [6.45, 7) is 6.14. The Bertz CT molecular complexity index is 881. The van der Waals surface area contributed by atoms with E-state index in [9.17, 15) is 0 Å². The first-order valence-corrected chi connectivity index (χ1v) is 9.79. The van der Waals surface area contributed by atoms with Gasteiger partial charge < -0.3 is 9.47 Å². The monoisotopic (exact) mass is 374 g/mol. The minimum atomic E-state index is 0.0699. The molecule has 0 N–H and O–H groups in total. The number of aromatic nitrogens is 1. The summed E-state index contributed by atoms with van der Waals surface area (Å²) in [5.41, 5.74) is 4.79. The molecule has 1 aliphatic rings. The number of pyridine rings is 1. The molecule has 0 radical (unpaired) electrons. The number of hydrogen-bond acceptors (Lipinski definition) is 4. The fourth-order valence-corrected chi connectivity index (χ4v) is 3.46. The lowest BCUT2D eigenvalue weighted by molar-refractivity contribution is -0.0504. The molecular formula is C24H26N2O2. The molecule has 2 aromatic carbocycles. The molecule has 4 rings (SSSR count). The smallest absolute Gasteiger partial charge is 0.138 e. The molecule has 1 unspecified atom stereocenters. The lowest BCUT2D eigenvalue weighted by Gasteiger charge is -2.32. The lowest BCUT2D eigenvalue weighted by atomic mass is 10.1. The van der Waals surface area contributed by atoms with Crippen LogP contribution in [0.5, 0.6) is 5.75 Å². The largest absolute Gasteiger partial charge is 0.489 e. The highest BCUT2D eigenvalue weighted by atomic mass is 16.5. The minimum absolute atomic E-state index is 0.0699. The van der Waals surface area contributed by atoms with Crippen LogP contribution in [-0.2, 0) is 11.3 Å². The van der Waals surface area contributed by atoms with Crippen molar-refractivity contribution < 1.29 is 9.47 Å². The van der Waals surface area contributed by atoms with Gasteiger partial charge in [-0.2, -0.15) is 0 Å². The van der Waals surface area contributed by atoms with Crippen molar-refractivity contribution in [2.45, 2.75) is 19.6 Å². The highest BCUT2D eigenvalue weighted by Crippen LogP contribution is 2.23. The van der Waals surface area contributed by atoms with Crippen molar-refractivity contribution in [1.29, 1.82) is 0 Å². The number of morpholine rings is 1. The van der Waals surface area contributed by atoms with Crippen molar-refractivity contribution in [3.8, 4) is 16.9 Å². The average Bonchev–Trinajstić information content (AvgIpc) is 2.74. The predicted octanol–water partition coefficient (Wildman–Crippen LogP) is 4.34. The second-order valence-corrected chi connectivity index (χ2v) is 7.30. The molecule has 0 spiro atoms. The maximum Gasteiger partial charge on any atom is 0.138 e. The second-order valence-electron chi connectivity index (χ2n) is 7.30. The van der Waals surface area contributed by atoms with E-state index in [-0.39, 0.29) is 6.10 Å². The number of benzene rings is 2. The van der Waals surface area contributed by atoms with Gasteiger partial charge in [0.25, 0.3) is 0 Å². The molecule has 0 aliphatic carbocycles. The summed E-state index contributed by atoms with van der Waals surface area (Å²) in [6.07, 6.45) is 3.71. The Kier molecular flexibility index (Phi) is 6.00. The van der Waals surface area contributed by atoms with Crippen LogP contribution in [0, 0.1) is 6.92 Å². The second kappa shape index (κ2) is 9.00. The maximum absolute atomic E-state index is 6.02. The van der Waals surface area contributed by atoms with E-state index < -0.39 is 0 Å². The zero-order valence-corrected chi connectivity index (χ0v) is 16.3. The van der Waals surface area contributed by atoms with Gasteiger partial charge in [0, 0.05) is 31.4 Å². The van der Waals surface area contributed by atoms with E-state index in [0.29, 0.717) is 6.61 Å². The number of nitrogens with zero attached hydrogens (tertiary/aromatic N) is 2. The van der Waals surface area contributed by atoms with Crippen LogP contribution in [0.15, 0.2) is 73.1 Å². The fourth-order valence-electron chi connectivity index (χ4n) is 3.46. The number of rotatable bonds is 6. The van der Waals surface area contributed by atoms with Gasteiger partial charge in [-0.3, -0.25) is 9.88 Å². The number of ether oxygens (including phenoxy) is 2. The van der Waals surface area contributed by atoms with E-state index in [1.165, 1.54) is 11.1 Å². The van der Waals surface area contributed by atoms with Crippen LogP contribution in [0.25, 0.3) is 11.1 Å². The SMILES string of the molecule is Cc1ccc(-c2cncc(OCC3CN(Cc4ccccc4)CCO3)c2)cc1. The Balaban J connectivity index is 1.34. The Hall–Kier alpha value is -2.69. The number of hydrogen-bond donors (Lipinski definition) is 0. The van der Waals surface area contributed by atoms with Crippen molar-refractivity contribution in [2.75, 3.05) is 26.3 Å². The van der Waals surface area contributed by atoms with E-state index in [1.807, 2.05) is 12.3 Å². The molecule has 1 aliphatic heterocycles. The standard InChI is InChI=1S/C24H26N2O2/c1-19-7-9-21(10-8-19)22-13-23(15-25-14-22)28-18-24-17-26(11-12-27-24)16-20-5-3-2-4-6-20/h2-10,13-15,24H,11-12,16-18H2,1H3. The van der Waals surface area contributed by atoms with Crippen LogP contribution in [0.3, 0.4) is 0 Å². The molecule has 0 bridgehead atoms. The van der Waals surface area contributed by atoms with Gasteiger partial charge in [0.2, 0.25) is 0 Å². The molecular weight excluding hydrogens is 348 g/mol. The third-order valence-corrected chi connectivity index (χ3v) is 5.01. The van der Waals surface area contributed by atoms with Crippen molar-refractivity contribution in [3.05, 3.63) is 84.2 Å². The minimum Gasteiger partial charge on any atom is -0.489 e. The highest BCUT2D eigenvalue weighted by molar-refractivity contribution is 5.64. The summed E-state index contributed by atoms with van der Waals surface area (Å²) in [4.78, 5) is 6.77. The molecule has 1 atom stereocenters. The molecule has 2 heterocycles. The molecule has 144 valence electrons. The third kappa shape index (κ3) is 4.97. The molecule has 0 amide bonds. The average molecular weight is 374 g/mol. The molecule has 1 saturated heterocycles. The Labute approximate surface area is 166 Å². The zero-order valence-electron chi connectivity index (χ0n) is 16.3. The van der Waals surface area contributed by atoms with Crippen LogP contribution < -0.4 is 4.74 Å². The summed E-state index contributed by atoms with van der Waals surface area (Å²) in [5, 5.41) is 0. The van der Waals surface area contributed by atoms with Crippen molar-refractivity contribution in [3.63, 3.8) is 0 Å². The van der Waals surface area contributed by atoms with Gasteiger partial charge in [-0.25, -0.2) is 0 Å². The highest BCUT2D eigenvalue weighted by Gasteiger charge is 2.21. The number of aryl methyl sites for hydroxylation is 1. The van der Waals surface area contributed by atoms with Crippen molar-refractivity contribution in [2.24, 2.45) is 0 Å². The first-order valence-electron chi connectivity index (χ1n) is 9.79. The quantitative estimate of drug-likeness (QED) is 0.643. The Morgan fingerprint density at radius 3 is 2.68 bits per heavy atom. The summed E-state index contributed by atoms with van der Waals surface area (Å²) in [6, 6.07) is 21.1. The van der Waals surface area contributed by atoms with E-state index in [2.05, 4.69) is 71.4 Å². The summed E-state index contributed by atoms with van der Waals surface area (Å²) >= 11 is 0. The first kappa shape index (κ1) is 18.7.